The van der Waals surface area contributed by atoms with Crippen LogP contribution in [-0.4, -0.2) is 11.1 Å². The Labute approximate surface area is 108 Å². The molecular formula is C16H20N2. The SMILES string of the molecule is Cc1c(C2CCCCN2)n2c3c(cccc13)CC2. The number of piperidine rings is 1. The number of nitrogens with zero attached hydrogens (tertiary/aromatic N) is 1. The van der Waals surface area contributed by atoms with Crippen LogP contribution in [0.3, 0.4) is 0 Å². The second-order valence-corrected chi connectivity index (χ2v) is 5.73. The van der Waals surface area contributed by atoms with Crippen molar-refractivity contribution in [2.24, 2.45) is 0 Å². The lowest BCUT2D eigenvalue weighted by atomic mass is 9.98. The third-order valence-corrected chi connectivity index (χ3v) is 4.71. The van der Waals surface area contributed by atoms with E-state index in [0.29, 0.717) is 6.04 Å². The molecule has 0 amide bonds. The van der Waals surface area contributed by atoms with Gasteiger partial charge < -0.3 is 9.88 Å². The van der Waals surface area contributed by atoms with Crippen LogP contribution in [0.25, 0.3) is 10.9 Å². The van der Waals surface area contributed by atoms with Crippen molar-refractivity contribution in [3.05, 3.63) is 35.0 Å². The van der Waals surface area contributed by atoms with Crippen LogP contribution >= 0.6 is 0 Å². The van der Waals surface area contributed by atoms with Crippen molar-refractivity contribution in [3.8, 4) is 0 Å². The molecule has 3 heterocycles. The summed E-state index contributed by atoms with van der Waals surface area (Å²) in [6.07, 6.45) is 5.21. The van der Waals surface area contributed by atoms with Gasteiger partial charge in [-0.2, -0.15) is 0 Å². The van der Waals surface area contributed by atoms with Crippen molar-refractivity contribution in [1.82, 2.24) is 9.88 Å². The fourth-order valence-corrected chi connectivity index (χ4v) is 3.87. The molecule has 2 aliphatic rings. The Morgan fingerprint density at radius 2 is 2.22 bits per heavy atom. The van der Waals surface area contributed by atoms with Crippen molar-refractivity contribution in [3.63, 3.8) is 0 Å². The van der Waals surface area contributed by atoms with Gasteiger partial charge in [-0.15, -0.1) is 0 Å². The lowest BCUT2D eigenvalue weighted by Crippen LogP contribution is -2.29. The van der Waals surface area contributed by atoms with Crippen LogP contribution in [0.1, 0.15) is 42.1 Å². The highest BCUT2D eigenvalue weighted by Gasteiger charge is 2.26. The molecule has 18 heavy (non-hydrogen) atoms. The van der Waals surface area contributed by atoms with Crippen LogP contribution in [0, 0.1) is 6.92 Å². The smallest absolute Gasteiger partial charge is 0.0519 e. The highest BCUT2D eigenvalue weighted by molar-refractivity contribution is 5.89. The molecule has 1 aromatic carbocycles. The number of nitrogens with one attached hydrogen (secondary N) is 1. The summed E-state index contributed by atoms with van der Waals surface area (Å²) in [6.45, 7) is 4.66. The van der Waals surface area contributed by atoms with Gasteiger partial charge in [0.1, 0.15) is 0 Å². The largest absolute Gasteiger partial charge is 0.342 e. The summed E-state index contributed by atoms with van der Waals surface area (Å²) in [5.74, 6) is 0. The fourth-order valence-electron chi connectivity index (χ4n) is 3.87. The van der Waals surface area contributed by atoms with Gasteiger partial charge in [-0.1, -0.05) is 24.6 Å². The Morgan fingerprint density at radius 1 is 1.28 bits per heavy atom. The average molecular weight is 240 g/mol. The molecule has 0 radical (unpaired) electrons. The number of benzene rings is 1. The van der Waals surface area contributed by atoms with Gasteiger partial charge in [-0.3, -0.25) is 0 Å². The molecule has 94 valence electrons. The predicted molar refractivity (Wildman–Crippen MR) is 75.0 cm³/mol. The Hall–Kier alpha value is -1.28. The maximum Gasteiger partial charge on any atom is 0.0519 e. The number of aryl methyl sites for hydroxylation is 3. The van der Waals surface area contributed by atoms with Gasteiger partial charge in [0, 0.05) is 23.7 Å². The summed E-state index contributed by atoms with van der Waals surface area (Å²) >= 11 is 0. The summed E-state index contributed by atoms with van der Waals surface area (Å²) in [4.78, 5) is 0. The van der Waals surface area contributed by atoms with Crippen molar-refractivity contribution >= 4 is 10.9 Å². The molecule has 2 heteroatoms. The van der Waals surface area contributed by atoms with Gasteiger partial charge in [0.25, 0.3) is 0 Å². The molecular weight excluding hydrogens is 220 g/mol. The molecule has 1 saturated heterocycles. The van der Waals surface area contributed by atoms with E-state index >= 15 is 0 Å². The maximum atomic E-state index is 3.71. The number of rotatable bonds is 1. The van der Waals surface area contributed by atoms with E-state index in [9.17, 15) is 0 Å². The van der Waals surface area contributed by atoms with E-state index in [-0.39, 0.29) is 0 Å². The minimum atomic E-state index is 0.581. The first-order valence-corrected chi connectivity index (χ1v) is 7.20. The highest BCUT2D eigenvalue weighted by atomic mass is 15.1. The zero-order valence-electron chi connectivity index (χ0n) is 11.0. The first-order chi connectivity index (χ1) is 8.86. The maximum absolute atomic E-state index is 3.71. The van der Waals surface area contributed by atoms with Crippen LogP contribution in [0.2, 0.25) is 0 Å². The summed E-state index contributed by atoms with van der Waals surface area (Å²) < 4.78 is 2.59. The van der Waals surface area contributed by atoms with Crippen molar-refractivity contribution < 1.29 is 0 Å². The van der Waals surface area contributed by atoms with E-state index in [4.69, 9.17) is 0 Å². The molecule has 1 unspecified atom stereocenters. The van der Waals surface area contributed by atoms with Crippen LogP contribution in [-0.2, 0) is 13.0 Å². The van der Waals surface area contributed by atoms with E-state index < -0.39 is 0 Å². The number of aromatic nitrogens is 1. The van der Waals surface area contributed by atoms with Gasteiger partial charge in [0.15, 0.2) is 0 Å². The Bertz CT molecular complexity index is 603. The standard InChI is InChI=1S/C16H20N2/c1-11-13-6-4-5-12-8-10-18(16(12)13)15(11)14-7-2-3-9-17-14/h4-6,14,17H,2-3,7-10H2,1H3. The van der Waals surface area contributed by atoms with Crippen LogP contribution < -0.4 is 5.32 Å². The molecule has 0 saturated carbocycles. The summed E-state index contributed by atoms with van der Waals surface area (Å²) in [6, 6.07) is 7.39. The lowest BCUT2D eigenvalue weighted by molar-refractivity contribution is 0.395. The van der Waals surface area contributed by atoms with Crippen LogP contribution in [0.15, 0.2) is 18.2 Å². The molecule has 0 bridgehead atoms. The first kappa shape index (κ1) is 10.6. The number of para-hydroxylation sites is 1. The summed E-state index contributed by atoms with van der Waals surface area (Å²) in [5.41, 5.74) is 6.12. The number of hydrogen-bond acceptors (Lipinski definition) is 1. The topological polar surface area (TPSA) is 17.0 Å². The molecule has 2 nitrogen and oxygen atoms in total. The second kappa shape index (κ2) is 3.86. The monoisotopic (exact) mass is 240 g/mol. The average Bonchev–Trinajstić information content (AvgIpc) is 2.96. The molecule has 4 rings (SSSR count). The third kappa shape index (κ3) is 1.33. The summed E-state index contributed by atoms with van der Waals surface area (Å²) in [5, 5.41) is 5.19. The Kier molecular flexibility index (Phi) is 2.28. The molecule has 2 aliphatic heterocycles. The van der Waals surface area contributed by atoms with Crippen molar-refractivity contribution in [1.29, 1.82) is 0 Å². The minimum Gasteiger partial charge on any atom is -0.342 e. The van der Waals surface area contributed by atoms with Crippen molar-refractivity contribution in [2.75, 3.05) is 6.54 Å². The Balaban J connectivity index is 1.94. The van der Waals surface area contributed by atoms with E-state index in [1.165, 1.54) is 60.8 Å². The molecule has 2 aromatic rings. The minimum absolute atomic E-state index is 0.581. The Morgan fingerprint density at radius 3 is 3.06 bits per heavy atom. The van der Waals surface area contributed by atoms with Crippen LogP contribution in [0.5, 0.6) is 0 Å². The molecule has 0 aliphatic carbocycles. The normalized spacial score (nSPS) is 22.8. The molecule has 1 N–H and O–H groups in total. The molecule has 1 atom stereocenters. The van der Waals surface area contributed by atoms with E-state index in [0.717, 1.165) is 0 Å². The van der Waals surface area contributed by atoms with Crippen molar-refractivity contribution in [2.45, 2.75) is 45.2 Å². The predicted octanol–water partition coefficient (Wildman–Crippen LogP) is 3.32. The quantitative estimate of drug-likeness (QED) is 0.809. The zero-order valence-corrected chi connectivity index (χ0v) is 11.0. The summed E-state index contributed by atoms with van der Waals surface area (Å²) in [7, 11) is 0. The fraction of sp³-hybridized carbons (Fsp3) is 0.500. The van der Waals surface area contributed by atoms with Crippen LogP contribution in [0.4, 0.5) is 0 Å². The van der Waals surface area contributed by atoms with Gasteiger partial charge in [0.2, 0.25) is 0 Å². The number of hydrogen-bond donors (Lipinski definition) is 1. The third-order valence-electron chi connectivity index (χ3n) is 4.71. The van der Waals surface area contributed by atoms with E-state index in [1.54, 1.807) is 5.69 Å². The lowest BCUT2D eigenvalue weighted by Gasteiger charge is -2.25. The van der Waals surface area contributed by atoms with E-state index in [1.807, 2.05) is 0 Å². The zero-order chi connectivity index (χ0) is 12.1. The second-order valence-electron chi connectivity index (χ2n) is 5.73. The van der Waals surface area contributed by atoms with Gasteiger partial charge in [-0.25, -0.2) is 0 Å². The molecule has 1 fully saturated rings. The molecule has 0 spiro atoms. The first-order valence-electron chi connectivity index (χ1n) is 7.20. The van der Waals surface area contributed by atoms with Gasteiger partial charge in [-0.05, 0) is 43.9 Å². The molecule has 1 aromatic heterocycles. The highest BCUT2D eigenvalue weighted by Crippen LogP contribution is 2.37. The van der Waals surface area contributed by atoms with Gasteiger partial charge in [0.05, 0.1) is 5.52 Å². The van der Waals surface area contributed by atoms with E-state index in [2.05, 4.69) is 35.0 Å². The van der Waals surface area contributed by atoms with Gasteiger partial charge >= 0.3 is 0 Å².